The quantitative estimate of drug-likeness (QED) is 0.184. The molecule has 1 heterocycles. The molecule has 0 aliphatic heterocycles. The molecule has 4 heteroatoms. The molecular formula is C35H30N4. The van der Waals surface area contributed by atoms with Gasteiger partial charge in [-0.25, -0.2) is 4.99 Å². The van der Waals surface area contributed by atoms with Crippen molar-refractivity contribution in [2.24, 2.45) is 9.98 Å². The molecular weight excluding hydrogens is 476 g/mol. The maximum atomic E-state index is 5.15. The summed E-state index contributed by atoms with van der Waals surface area (Å²) in [5.41, 5.74) is 8.74. The summed E-state index contributed by atoms with van der Waals surface area (Å²) in [5.74, 6) is 0.700. The van der Waals surface area contributed by atoms with E-state index in [1.807, 2.05) is 55.6 Å². The lowest BCUT2D eigenvalue weighted by molar-refractivity contribution is 0.833. The maximum Gasteiger partial charge on any atom is 0.156 e. The summed E-state index contributed by atoms with van der Waals surface area (Å²) < 4.78 is 2.35. The topological polar surface area (TPSA) is 41.7 Å². The summed E-state index contributed by atoms with van der Waals surface area (Å²) in [5, 5.41) is 5.64. The lowest BCUT2D eigenvalue weighted by Gasteiger charge is -2.12. The Morgan fingerprint density at radius 1 is 0.641 bits per heavy atom. The fourth-order valence-corrected chi connectivity index (χ4v) is 5.06. The molecule has 1 aromatic heterocycles. The van der Waals surface area contributed by atoms with Gasteiger partial charge in [-0.15, -0.1) is 0 Å². The number of nitrogens with one attached hydrogen (secondary N) is 1. The average molecular weight is 507 g/mol. The van der Waals surface area contributed by atoms with Crippen molar-refractivity contribution in [3.8, 4) is 5.69 Å². The first-order valence-corrected chi connectivity index (χ1v) is 13.2. The molecule has 0 atom stereocenters. The third kappa shape index (κ3) is 4.90. The van der Waals surface area contributed by atoms with Crippen LogP contribution in [0.25, 0.3) is 27.5 Å². The van der Waals surface area contributed by atoms with Gasteiger partial charge in [0.05, 0.1) is 23.4 Å². The van der Waals surface area contributed by atoms with Crippen molar-refractivity contribution in [3.05, 3.63) is 150 Å². The summed E-state index contributed by atoms with van der Waals surface area (Å²) >= 11 is 0. The molecule has 0 unspecified atom stereocenters. The first-order chi connectivity index (χ1) is 19.2. The first-order valence-electron chi connectivity index (χ1n) is 13.2. The van der Waals surface area contributed by atoms with Crippen molar-refractivity contribution in [2.45, 2.75) is 6.92 Å². The second kappa shape index (κ2) is 10.9. The van der Waals surface area contributed by atoms with Crippen LogP contribution in [0.1, 0.15) is 22.3 Å². The maximum absolute atomic E-state index is 5.15. The minimum absolute atomic E-state index is 0.488. The van der Waals surface area contributed by atoms with Crippen molar-refractivity contribution in [3.63, 3.8) is 0 Å². The molecule has 6 rings (SSSR count). The molecule has 6 aromatic rings. The normalized spacial score (nSPS) is 12.4. The Kier molecular flexibility index (Phi) is 6.86. The number of aryl methyl sites for hydroxylation is 1. The first kappa shape index (κ1) is 24.5. The Morgan fingerprint density at radius 2 is 1.26 bits per heavy atom. The van der Waals surface area contributed by atoms with E-state index in [9.17, 15) is 0 Å². The van der Waals surface area contributed by atoms with Gasteiger partial charge >= 0.3 is 0 Å². The molecule has 190 valence electrons. The monoisotopic (exact) mass is 506 g/mol. The van der Waals surface area contributed by atoms with Crippen LogP contribution in [0.4, 0.5) is 0 Å². The fourth-order valence-electron chi connectivity index (χ4n) is 5.06. The third-order valence-corrected chi connectivity index (χ3v) is 6.91. The van der Waals surface area contributed by atoms with E-state index >= 15 is 0 Å². The van der Waals surface area contributed by atoms with Crippen LogP contribution >= 0.6 is 0 Å². The minimum atomic E-state index is 0.488. The van der Waals surface area contributed by atoms with Gasteiger partial charge in [0, 0.05) is 33.2 Å². The Balaban J connectivity index is 1.49. The van der Waals surface area contributed by atoms with Gasteiger partial charge in [-0.1, -0.05) is 103 Å². The van der Waals surface area contributed by atoms with Crippen LogP contribution in [-0.4, -0.2) is 29.8 Å². The molecule has 5 aromatic carbocycles. The largest absolute Gasteiger partial charge is 0.309 e. The van der Waals surface area contributed by atoms with Crippen LogP contribution in [0.15, 0.2) is 137 Å². The van der Waals surface area contributed by atoms with E-state index in [1.165, 1.54) is 27.4 Å². The number of aliphatic imine (C=N–C) groups is 2. The van der Waals surface area contributed by atoms with Crippen LogP contribution in [0.2, 0.25) is 0 Å². The SMILES string of the molecule is CNC/N=C(\N=C(c1ccccc1)c1ccc(-n2c3ccccc3c3ccc(C)cc32)cc1)c1ccccc1. The van der Waals surface area contributed by atoms with Gasteiger partial charge in [-0.3, -0.25) is 4.99 Å². The second-order valence-corrected chi connectivity index (χ2v) is 9.61. The highest BCUT2D eigenvalue weighted by Crippen LogP contribution is 2.32. The lowest BCUT2D eigenvalue weighted by atomic mass is 10.0. The smallest absolute Gasteiger partial charge is 0.156 e. The Labute approximate surface area is 229 Å². The van der Waals surface area contributed by atoms with Crippen LogP contribution < -0.4 is 5.32 Å². The zero-order valence-electron chi connectivity index (χ0n) is 22.2. The van der Waals surface area contributed by atoms with Crippen molar-refractivity contribution >= 4 is 33.4 Å². The molecule has 1 N–H and O–H groups in total. The lowest BCUT2D eigenvalue weighted by Crippen LogP contribution is -2.12. The number of para-hydroxylation sites is 1. The predicted molar refractivity (Wildman–Crippen MR) is 165 cm³/mol. The highest BCUT2D eigenvalue weighted by atomic mass is 15.0. The zero-order valence-corrected chi connectivity index (χ0v) is 22.2. The molecule has 4 nitrogen and oxygen atoms in total. The van der Waals surface area contributed by atoms with Crippen LogP contribution in [-0.2, 0) is 0 Å². The summed E-state index contributed by atoms with van der Waals surface area (Å²) in [6.45, 7) is 2.63. The van der Waals surface area contributed by atoms with Gasteiger partial charge in [-0.05, 0) is 43.8 Å². The number of aromatic nitrogens is 1. The molecule has 0 aliphatic rings. The Morgan fingerprint density at radius 3 is 1.97 bits per heavy atom. The van der Waals surface area contributed by atoms with Gasteiger partial charge in [0.25, 0.3) is 0 Å². The molecule has 0 saturated heterocycles. The van der Waals surface area contributed by atoms with Gasteiger partial charge in [0.2, 0.25) is 0 Å². The van der Waals surface area contributed by atoms with E-state index in [2.05, 4.69) is 95.7 Å². The van der Waals surface area contributed by atoms with Gasteiger partial charge in [0.15, 0.2) is 5.84 Å². The highest BCUT2D eigenvalue weighted by molar-refractivity contribution is 6.19. The summed E-state index contributed by atoms with van der Waals surface area (Å²) in [4.78, 5) is 9.90. The number of fused-ring (bicyclic) bond motifs is 3. The second-order valence-electron chi connectivity index (χ2n) is 9.61. The van der Waals surface area contributed by atoms with E-state index in [4.69, 9.17) is 9.98 Å². The van der Waals surface area contributed by atoms with E-state index in [1.54, 1.807) is 0 Å². The van der Waals surface area contributed by atoms with E-state index in [0.717, 1.165) is 28.1 Å². The van der Waals surface area contributed by atoms with Crippen molar-refractivity contribution in [1.29, 1.82) is 0 Å². The molecule has 0 spiro atoms. The van der Waals surface area contributed by atoms with Gasteiger partial charge in [0.1, 0.15) is 0 Å². The van der Waals surface area contributed by atoms with Crippen molar-refractivity contribution in [1.82, 2.24) is 9.88 Å². The highest BCUT2D eigenvalue weighted by Gasteiger charge is 2.14. The number of hydrogen-bond acceptors (Lipinski definition) is 2. The average Bonchev–Trinajstić information content (AvgIpc) is 3.31. The van der Waals surface area contributed by atoms with Crippen molar-refractivity contribution < 1.29 is 0 Å². The van der Waals surface area contributed by atoms with E-state index in [-0.39, 0.29) is 0 Å². The minimum Gasteiger partial charge on any atom is -0.309 e. The molecule has 0 radical (unpaired) electrons. The van der Waals surface area contributed by atoms with Crippen LogP contribution in [0, 0.1) is 6.92 Å². The summed E-state index contributed by atoms with van der Waals surface area (Å²) in [6, 6.07) is 44.5. The third-order valence-electron chi connectivity index (χ3n) is 6.91. The molecule has 0 saturated carbocycles. The van der Waals surface area contributed by atoms with E-state index in [0.29, 0.717) is 12.5 Å². The molecule has 39 heavy (non-hydrogen) atoms. The fraction of sp³-hybridized carbons (Fsp3) is 0.0857. The van der Waals surface area contributed by atoms with Crippen LogP contribution in [0.5, 0.6) is 0 Å². The standard InChI is InChI=1S/C35H30N4/c1-25-17-22-31-30-15-9-10-16-32(30)39(33(31)23-25)29-20-18-27(19-21-29)34(26-11-5-3-6-12-26)38-35(37-24-36-2)28-13-7-4-8-14-28/h3-23,36H,24H2,1-2H3/b37-35-,38-34?. The number of nitrogens with zero attached hydrogens (tertiary/aromatic N) is 3. The number of amidine groups is 1. The van der Waals surface area contributed by atoms with Crippen molar-refractivity contribution in [2.75, 3.05) is 13.7 Å². The molecule has 0 aliphatic carbocycles. The number of benzene rings is 5. The zero-order chi connectivity index (χ0) is 26.6. The predicted octanol–water partition coefficient (Wildman–Crippen LogP) is 7.55. The van der Waals surface area contributed by atoms with Crippen LogP contribution in [0.3, 0.4) is 0 Å². The number of hydrogen-bond donors (Lipinski definition) is 1. The molecule has 0 amide bonds. The molecule has 0 fully saturated rings. The van der Waals surface area contributed by atoms with Gasteiger partial charge in [-0.2, -0.15) is 0 Å². The Hall–Kier alpha value is -4.80. The van der Waals surface area contributed by atoms with Gasteiger partial charge < -0.3 is 9.88 Å². The molecule has 0 bridgehead atoms. The number of rotatable bonds is 6. The summed E-state index contributed by atoms with van der Waals surface area (Å²) in [6.07, 6.45) is 0. The summed E-state index contributed by atoms with van der Waals surface area (Å²) in [7, 11) is 1.89. The Bertz CT molecular complexity index is 1800. The van der Waals surface area contributed by atoms with E-state index < -0.39 is 0 Å².